The lowest BCUT2D eigenvalue weighted by molar-refractivity contribution is 0.796. The molecule has 0 fully saturated rings. The summed E-state index contributed by atoms with van der Waals surface area (Å²) in [5, 5.41) is 1.41. The number of aromatic amines is 1. The average Bonchev–Trinajstić information content (AvgIpc) is 2.68. The topological polar surface area (TPSA) is 15.8 Å². The fourth-order valence-corrected chi connectivity index (χ4v) is 2.05. The zero-order chi connectivity index (χ0) is 10.7. The Hall–Kier alpha value is -1.24. The highest BCUT2D eigenvalue weighted by Crippen LogP contribution is 2.21. The van der Waals surface area contributed by atoms with E-state index in [0.717, 1.165) is 6.42 Å². The van der Waals surface area contributed by atoms with Gasteiger partial charge in [-0.25, -0.2) is 0 Å². The van der Waals surface area contributed by atoms with Crippen molar-refractivity contribution >= 4 is 10.9 Å². The minimum Gasteiger partial charge on any atom is -0.361 e. The van der Waals surface area contributed by atoms with Crippen LogP contribution in [-0.4, -0.2) is 4.98 Å². The zero-order valence-electron chi connectivity index (χ0n) is 9.64. The van der Waals surface area contributed by atoms with E-state index in [4.69, 9.17) is 0 Å². The van der Waals surface area contributed by atoms with Crippen molar-refractivity contribution in [2.45, 2.75) is 39.5 Å². The molecule has 0 amide bonds. The van der Waals surface area contributed by atoms with E-state index in [1.165, 1.54) is 41.3 Å². The molecular formula is C14H19N. The average molecular weight is 201 g/mol. The molecule has 1 aromatic carbocycles. The highest BCUT2D eigenvalue weighted by atomic mass is 14.7. The molecule has 2 rings (SSSR count). The number of rotatable bonds is 4. The van der Waals surface area contributed by atoms with Crippen molar-refractivity contribution in [3.05, 3.63) is 35.5 Å². The fraction of sp³-hybridized carbons (Fsp3) is 0.429. The molecule has 1 heteroatoms. The Balaban J connectivity index is 2.35. The normalized spacial score (nSPS) is 11.1. The molecule has 0 unspecified atom stereocenters. The number of unbranched alkanes of at least 4 members (excludes halogenated alkanes) is 1. The molecule has 0 radical (unpaired) electrons. The molecule has 2 aromatic rings. The highest BCUT2D eigenvalue weighted by Gasteiger charge is 2.02. The summed E-state index contributed by atoms with van der Waals surface area (Å²) >= 11 is 0. The minimum atomic E-state index is 1.11. The van der Waals surface area contributed by atoms with Crippen molar-refractivity contribution < 1.29 is 0 Å². The van der Waals surface area contributed by atoms with Gasteiger partial charge in [0.1, 0.15) is 0 Å². The number of fused-ring (bicyclic) bond motifs is 1. The van der Waals surface area contributed by atoms with Gasteiger partial charge in [-0.3, -0.25) is 0 Å². The van der Waals surface area contributed by atoms with Gasteiger partial charge in [0.05, 0.1) is 0 Å². The second-order valence-corrected chi connectivity index (χ2v) is 4.15. The van der Waals surface area contributed by atoms with Gasteiger partial charge in [0.15, 0.2) is 0 Å². The van der Waals surface area contributed by atoms with Gasteiger partial charge >= 0.3 is 0 Å². The number of H-pyrrole nitrogens is 1. The first kappa shape index (κ1) is 10.3. The predicted octanol–water partition coefficient (Wildman–Crippen LogP) is 4.07. The van der Waals surface area contributed by atoms with Crippen LogP contribution in [0, 0.1) is 0 Å². The molecule has 0 spiro atoms. The molecule has 1 N–H and O–H groups in total. The summed E-state index contributed by atoms with van der Waals surface area (Å²) in [7, 11) is 0. The lowest BCUT2D eigenvalue weighted by atomic mass is 10.0. The molecule has 0 aliphatic heterocycles. The lowest BCUT2D eigenvalue weighted by Crippen LogP contribution is -1.85. The summed E-state index contributed by atoms with van der Waals surface area (Å²) in [6.07, 6.45) is 7.01. The zero-order valence-corrected chi connectivity index (χ0v) is 9.64. The van der Waals surface area contributed by atoms with E-state index in [1.807, 2.05) is 0 Å². The molecule has 0 bridgehead atoms. The van der Waals surface area contributed by atoms with Crippen molar-refractivity contribution in [2.24, 2.45) is 0 Å². The van der Waals surface area contributed by atoms with E-state index in [1.54, 1.807) is 0 Å². The van der Waals surface area contributed by atoms with Gasteiger partial charge in [0.25, 0.3) is 0 Å². The Morgan fingerprint density at radius 2 is 2.07 bits per heavy atom. The quantitative estimate of drug-likeness (QED) is 0.767. The Bertz CT molecular complexity index is 440. The van der Waals surface area contributed by atoms with E-state index < -0.39 is 0 Å². The van der Waals surface area contributed by atoms with Crippen LogP contribution in [0.4, 0.5) is 0 Å². The van der Waals surface area contributed by atoms with E-state index in [9.17, 15) is 0 Å². The molecule has 0 saturated carbocycles. The Morgan fingerprint density at radius 1 is 1.20 bits per heavy atom. The van der Waals surface area contributed by atoms with Crippen molar-refractivity contribution in [1.29, 1.82) is 0 Å². The monoisotopic (exact) mass is 201 g/mol. The second-order valence-electron chi connectivity index (χ2n) is 4.15. The molecule has 80 valence electrons. The highest BCUT2D eigenvalue weighted by molar-refractivity contribution is 5.83. The van der Waals surface area contributed by atoms with Crippen LogP contribution in [0.3, 0.4) is 0 Å². The summed E-state index contributed by atoms with van der Waals surface area (Å²) in [5.74, 6) is 0. The van der Waals surface area contributed by atoms with Crippen molar-refractivity contribution in [3.8, 4) is 0 Å². The standard InChI is InChI=1S/C14H19N/c1-3-5-6-11-7-8-14-13(9-11)12(4-2)10-15-14/h7-10,15H,3-6H2,1-2H3. The first-order valence-corrected chi connectivity index (χ1v) is 5.94. The van der Waals surface area contributed by atoms with Crippen LogP contribution in [0.15, 0.2) is 24.4 Å². The van der Waals surface area contributed by atoms with Crippen LogP contribution >= 0.6 is 0 Å². The molecule has 1 heterocycles. The number of hydrogen-bond donors (Lipinski definition) is 1. The lowest BCUT2D eigenvalue weighted by Gasteiger charge is -2.01. The molecular weight excluding hydrogens is 182 g/mol. The van der Waals surface area contributed by atoms with Crippen LogP contribution in [-0.2, 0) is 12.8 Å². The molecule has 0 saturated heterocycles. The SMILES string of the molecule is CCCCc1ccc2[nH]cc(CC)c2c1. The Morgan fingerprint density at radius 3 is 2.80 bits per heavy atom. The van der Waals surface area contributed by atoms with Crippen LogP contribution in [0.1, 0.15) is 37.8 Å². The smallest absolute Gasteiger partial charge is 0.0456 e. The van der Waals surface area contributed by atoms with Gasteiger partial charge in [-0.1, -0.05) is 26.3 Å². The molecule has 1 aromatic heterocycles. The number of nitrogens with one attached hydrogen (secondary N) is 1. The third kappa shape index (κ3) is 2.06. The maximum atomic E-state index is 3.32. The largest absolute Gasteiger partial charge is 0.361 e. The van der Waals surface area contributed by atoms with Gasteiger partial charge in [-0.05, 0) is 42.5 Å². The van der Waals surface area contributed by atoms with E-state index in [-0.39, 0.29) is 0 Å². The van der Waals surface area contributed by atoms with Crippen LogP contribution in [0.2, 0.25) is 0 Å². The molecule has 0 atom stereocenters. The maximum absolute atomic E-state index is 3.32. The first-order valence-electron chi connectivity index (χ1n) is 5.94. The Labute approximate surface area is 91.5 Å². The van der Waals surface area contributed by atoms with Crippen molar-refractivity contribution in [1.82, 2.24) is 4.98 Å². The van der Waals surface area contributed by atoms with Gasteiger partial charge in [-0.2, -0.15) is 0 Å². The number of aromatic nitrogens is 1. The number of benzene rings is 1. The summed E-state index contributed by atoms with van der Waals surface area (Å²) in [4.78, 5) is 3.32. The van der Waals surface area contributed by atoms with Gasteiger partial charge in [-0.15, -0.1) is 0 Å². The summed E-state index contributed by atoms with van der Waals surface area (Å²) in [5.41, 5.74) is 4.18. The van der Waals surface area contributed by atoms with Crippen LogP contribution in [0.25, 0.3) is 10.9 Å². The summed E-state index contributed by atoms with van der Waals surface area (Å²) < 4.78 is 0. The van der Waals surface area contributed by atoms with Gasteiger partial charge in [0, 0.05) is 17.1 Å². The van der Waals surface area contributed by atoms with Crippen LogP contribution in [0.5, 0.6) is 0 Å². The molecule has 0 aliphatic carbocycles. The summed E-state index contributed by atoms with van der Waals surface area (Å²) in [6, 6.07) is 6.80. The predicted molar refractivity (Wildman–Crippen MR) is 66.3 cm³/mol. The Kier molecular flexibility index (Phi) is 3.10. The molecule has 1 nitrogen and oxygen atoms in total. The number of hydrogen-bond acceptors (Lipinski definition) is 0. The van der Waals surface area contributed by atoms with E-state index in [2.05, 4.69) is 43.2 Å². The van der Waals surface area contributed by atoms with Crippen LogP contribution < -0.4 is 0 Å². The summed E-state index contributed by atoms with van der Waals surface area (Å²) in [6.45, 7) is 4.45. The first-order chi connectivity index (χ1) is 7.35. The van der Waals surface area contributed by atoms with Crippen molar-refractivity contribution in [2.75, 3.05) is 0 Å². The second kappa shape index (κ2) is 4.52. The van der Waals surface area contributed by atoms with E-state index in [0.29, 0.717) is 0 Å². The third-order valence-electron chi connectivity index (χ3n) is 3.03. The third-order valence-corrected chi connectivity index (χ3v) is 3.03. The number of aryl methyl sites for hydroxylation is 2. The fourth-order valence-electron chi connectivity index (χ4n) is 2.05. The van der Waals surface area contributed by atoms with Gasteiger partial charge < -0.3 is 4.98 Å². The van der Waals surface area contributed by atoms with Crippen molar-refractivity contribution in [3.63, 3.8) is 0 Å². The minimum absolute atomic E-state index is 1.11. The van der Waals surface area contributed by atoms with E-state index >= 15 is 0 Å². The van der Waals surface area contributed by atoms with Gasteiger partial charge in [0.2, 0.25) is 0 Å². The maximum Gasteiger partial charge on any atom is 0.0456 e. The molecule has 15 heavy (non-hydrogen) atoms. The molecule has 0 aliphatic rings.